The van der Waals surface area contributed by atoms with Crippen molar-refractivity contribution >= 4 is 16.8 Å². The number of hydrogen-bond donors (Lipinski definition) is 2. The van der Waals surface area contributed by atoms with Crippen molar-refractivity contribution in [3.8, 4) is 11.3 Å². The zero-order valence-corrected chi connectivity index (χ0v) is 9.45. The fourth-order valence-electron chi connectivity index (χ4n) is 2.04. The van der Waals surface area contributed by atoms with Gasteiger partial charge in [0.05, 0.1) is 5.56 Å². The Morgan fingerprint density at radius 1 is 1.26 bits per heavy atom. The van der Waals surface area contributed by atoms with Crippen molar-refractivity contribution in [3.63, 3.8) is 0 Å². The number of hydrogen-bond acceptors (Lipinski definition) is 3. The third-order valence-electron chi connectivity index (χ3n) is 2.82. The summed E-state index contributed by atoms with van der Waals surface area (Å²) in [6.07, 6.45) is -2.98. The minimum Gasteiger partial charge on any atom is -0.368 e. The molecule has 4 nitrogen and oxygen atoms in total. The van der Waals surface area contributed by atoms with Crippen LogP contribution in [0.4, 0.5) is 19.1 Å². The lowest BCUT2D eigenvalue weighted by atomic mass is 10.0. The van der Waals surface area contributed by atoms with Gasteiger partial charge in [-0.15, -0.1) is 0 Å². The molecule has 98 valence electrons. The second-order valence-corrected chi connectivity index (χ2v) is 4.04. The fraction of sp³-hybridized carbons (Fsp3) is 0.0833. The first kappa shape index (κ1) is 11.6. The number of fused-ring (bicyclic) bond motifs is 1. The molecule has 3 rings (SSSR count). The van der Waals surface area contributed by atoms with E-state index in [0.29, 0.717) is 11.1 Å². The van der Waals surface area contributed by atoms with Gasteiger partial charge in [-0.1, -0.05) is 11.2 Å². The third kappa shape index (κ3) is 1.83. The molecule has 1 aromatic carbocycles. The molecule has 0 saturated carbocycles. The van der Waals surface area contributed by atoms with Gasteiger partial charge < -0.3 is 15.2 Å². The average molecular weight is 267 g/mol. The van der Waals surface area contributed by atoms with Crippen molar-refractivity contribution in [1.82, 2.24) is 10.1 Å². The van der Waals surface area contributed by atoms with Gasteiger partial charge in [-0.25, -0.2) is 0 Å². The molecule has 0 unspecified atom stereocenters. The number of halogens is 3. The van der Waals surface area contributed by atoms with E-state index >= 15 is 0 Å². The van der Waals surface area contributed by atoms with Crippen LogP contribution in [0.2, 0.25) is 0 Å². The van der Waals surface area contributed by atoms with E-state index in [1.54, 1.807) is 6.07 Å². The molecular formula is C12H8F3N3O. The topological polar surface area (TPSA) is 67.8 Å². The first-order valence-electron chi connectivity index (χ1n) is 5.36. The average Bonchev–Trinajstić information content (AvgIpc) is 2.92. The lowest BCUT2D eigenvalue weighted by Gasteiger charge is -2.08. The van der Waals surface area contributed by atoms with Crippen LogP contribution in [0.1, 0.15) is 5.56 Å². The SMILES string of the molecule is Nc1cc(-c2c[nH]c3cccc(C(F)(F)F)c23)no1. The number of H-pyrrole nitrogens is 1. The summed E-state index contributed by atoms with van der Waals surface area (Å²) in [5.41, 5.74) is 5.63. The highest BCUT2D eigenvalue weighted by molar-refractivity contribution is 5.97. The van der Waals surface area contributed by atoms with Crippen molar-refractivity contribution in [2.24, 2.45) is 0 Å². The number of aromatic nitrogens is 2. The predicted octanol–water partition coefficient (Wildman–Crippen LogP) is 3.42. The molecule has 2 aromatic heterocycles. The van der Waals surface area contributed by atoms with Crippen LogP contribution < -0.4 is 5.73 Å². The molecule has 0 bridgehead atoms. The normalized spacial score (nSPS) is 12.2. The second kappa shape index (κ2) is 3.78. The maximum absolute atomic E-state index is 13.0. The number of anilines is 1. The number of benzene rings is 1. The lowest BCUT2D eigenvalue weighted by molar-refractivity contribution is -0.136. The number of rotatable bonds is 1. The van der Waals surface area contributed by atoms with Crippen molar-refractivity contribution in [2.75, 3.05) is 5.73 Å². The Balaban J connectivity index is 2.32. The first-order valence-corrected chi connectivity index (χ1v) is 5.36. The molecule has 0 radical (unpaired) electrons. The van der Waals surface area contributed by atoms with Crippen LogP contribution in [0.25, 0.3) is 22.2 Å². The Bertz CT molecular complexity index is 742. The molecule has 0 saturated heterocycles. The summed E-state index contributed by atoms with van der Waals surface area (Å²) < 4.78 is 43.7. The van der Waals surface area contributed by atoms with E-state index in [-0.39, 0.29) is 17.0 Å². The molecule has 3 aromatic rings. The molecule has 0 amide bonds. The molecule has 0 atom stereocenters. The number of nitrogens with one attached hydrogen (secondary N) is 1. The zero-order chi connectivity index (χ0) is 13.6. The number of nitrogen functional groups attached to an aromatic ring is 1. The van der Waals surface area contributed by atoms with Gasteiger partial charge >= 0.3 is 6.18 Å². The fourth-order valence-corrected chi connectivity index (χ4v) is 2.04. The van der Waals surface area contributed by atoms with E-state index in [9.17, 15) is 13.2 Å². The summed E-state index contributed by atoms with van der Waals surface area (Å²) in [5.74, 6) is 0.0499. The Morgan fingerprint density at radius 3 is 2.68 bits per heavy atom. The summed E-state index contributed by atoms with van der Waals surface area (Å²) >= 11 is 0. The molecule has 19 heavy (non-hydrogen) atoms. The molecule has 3 N–H and O–H groups in total. The van der Waals surface area contributed by atoms with E-state index in [4.69, 9.17) is 10.3 Å². The smallest absolute Gasteiger partial charge is 0.368 e. The molecule has 0 spiro atoms. The summed E-state index contributed by atoms with van der Waals surface area (Å²) in [7, 11) is 0. The van der Waals surface area contributed by atoms with Crippen molar-refractivity contribution in [1.29, 1.82) is 0 Å². The minimum atomic E-state index is -4.44. The van der Waals surface area contributed by atoms with Gasteiger partial charge in [0.25, 0.3) is 0 Å². The Labute approximate surface area is 105 Å². The van der Waals surface area contributed by atoms with E-state index in [2.05, 4.69) is 10.1 Å². The Hall–Kier alpha value is -2.44. The molecule has 0 aliphatic heterocycles. The summed E-state index contributed by atoms with van der Waals surface area (Å²) in [6.45, 7) is 0. The second-order valence-electron chi connectivity index (χ2n) is 4.04. The van der Waals surface area contributed by atoms with E-state index in [1.165, 1.54) is 18.3 Å². The molecular weight excluding hydrogens is 259 g/mol. The molecule has 0 aliphatic carbocycles. The van der Waals surface area contributed by atoms with Crippen molar-refractivity contribution in [2.45, 2.75) is 6.18 Å². The molecule has 7 heteroatoms. The van der Waals surface area contributed by atoms with Crippen LogP contribution in [-0.4, -0.2) is 10.1 Å². The lowest BCUT2D eigenvalue weighted by Crippen LogP contribution is -2.05. The highest BCUT2D eigenvalue weighted by Crippen LogP contribution is 2.39. The van der Waals surface area contributed by atoms with Crippen molar-refractivity contribution < 1.29 is 17.7 Å². The Kier molecular flexibility index (Phi) is 2.31. The number of aromatic amines is 1. The van der Waals surface area contributed by atoms with Crippen LogP contribution in [-0.2, 0) is 6.18 Å². The van der Waals surface area contributed by atoms with Gasteiger partial charge in [-0.2, -0.15) is 13.2 Å². The van der Waals surface area contributed by atoms with Gasteiger partial charge in [-0.3, -0.25) is 0 Å². The number of nitrogens with two attached hydrogens (primary N) is 1. The van der Waals surface area contributed by atoms with E-state index < -0.39 is 11.7 Å². The van der Waals surface area contributed by atoms with Gasteiger partial charge in [-0.05, 0) is 12.1 Å². The van der Waals surface area contributed by atoms with E-state index in [0.717, 1.165) is 6.07 Å². The maximum Gasteiger partial charge on any atom is 0.417 e. The maximum atomic E-state index is 13.0. The Morgan fingerprint density at radius 2 is 2.05 bits per heavy atom. The van der Waals surface area contributed by atoms with Crippen LogP contribution in [0.3, 0.4) is 0 Å². The largest absolute Gasteiger partial charge is 0.417 e. The third-order valence-corrected chi connectivity index (χ3v) is 2.82. The van der Waals surface area contributed by atoms with Gasteiger partial charge in [0.2, 0.25) is 5.88 Å². The predicted molar refractivity (Wildman–Crippen MR) is 63.2 cm³/mol. The number of nitrogens with zero attached hydrogens (tertiary/aromatic N) is 1. The quantitative estimate of drug-likeness (QED) is 0.709. The zero-order valence-electron chi connectivity index (χ0n) is 9.45. The monoisotopic (exact) mass is 267 g/mol. The number of alkyl halides is 3. The van der Waals surface area contributed by atoms with Crippen LogP contribution in [0.5, 0.6) is 0 Å². The standard InChI is InChI=1S/C12H8F3N3O/c13-12(14,15)7-2-1-3-8-11(7)6(5-17-8)9-4-10(16)19-18-9/h1-5,17H,16H2. The van der Waals surface area contributed by atoms with Crippen LogP contribution in [0, 0.1) is 0 Å². The highest BCUT2D eigenvalue weighted by atomic mass is 19.4. The van der Waals surface area contributed by atoms with E-state index in [1.807, 2.05) is 0 Å². The van der Waals surface area contributed by atoms with Crippen molar-refractivity contribution in [3.05, 3.63) is 36.0 Å². The molecule has 0 fully saturated rings. The summed E-state index contributed by atoms with van der Waals surface area (Å²) in [4.78, 5) is 2.79. The van der Waals surface area contributed by atoms with Crippen LogP contribution in [0.15, 0.2) is 35.0 Å². The van der Waals surface area contributed by atoms with Gasteiger partial charge in [0, 0.05) is 28.7 Å². The summed E-state index contributed by atoms with van der Waals surface area (Å²) in [5, 5.41) is 3.70. The first-order chi connectivity index (χ1) is 8.97. The van der Waals surface area contributed by atoms with Crippen LogP contribution >= 0.6 is 0 Å². The molecule has 0 aliphatic rings. The van der Waals surface area contributed by atoms with Gasteiger partial charge in [0.1, 0.15) is 5.69 Å². The van der Waals surface area contributed by atoms with Gasteiger partial charge in [0.15, 0.2) is 0 Å². The minimum absolute atomic E-state index is 0.0499. The molecule has 2 heterocycles. The summed E-state index contributed by atoms with van der Waals surface area (Å²) in [6, 6.07) is 5.33. The highest BCUT2D eigenvalue weighted by Gasteiger charge is 2.34.